The molecule has 0 aliphatic heterocycles. The molecule has 0 bridgehead atoms. The minimum absolute atomic E-state index is 0.0950. The van der Waals surface area contributed by atoms with Gasteiger partial charge in [-0.1, -0.05) is 13.8 Å². The molecule has 1 fully saturated rings. The summed E-state index contributed by atoms with van der Waals surface area (Å²) in [5.41, 5.74) is -0.497. The van der Waals surface area contributed by atoms with Crippen molar-refractivity contribution in [3.63, 3.8) is 0 Å². The number of hydrogen-bond acceptors (Lipinski definition) is 5. The molecule has 1 aliphatic rings. The Bertz CT molecular complexity index is 297. The first-order chi connectivity index (χ1) is 9.57. The second-order valence-electron chi connectivity index (χ2n) is 5.67. The fraction of sp³-hybridized carbons (Fsp3) is 0.933. The van der Waals surface area contributed by atoms with Crippen molar-refractivity contribution < 1.29 is 14.6 Å². The Labute approximate surface area is 127 Å². The molecule has 0 saturated heterocycles. The maximum atomic E-state index is 12.3. The molecule has 0 aromatic heterocycles. The van der Waals surface area contributed by atoms with Crippen LogP contribution in [0.15, 0.2) is 0 Å². The SMILES string of the molecule is CCNC1(C(=O)OCC)CCCC(SCC(C)CO)C1. The third-order valence-corrected chi connectivity index (χ3v) is 5.45. The Kier molecular flexibility index (Phi) is 7.92. The van der Waals surface area contributed by atoms with E-state index in [-0.39, 0.29) is 12.6 Å². The topological polar surface area (TPSA) is 58.6 Å². The van der Waals surface area contributed by atoms with Gasteiger partial charge >= 0.3 is 5.97 Å². The van der Waals surface area contributed by atoms with Crippen molar-refractivity contribution in [3.8, 4) is 0 Å². The van der Waals surface area contributed by atoms with E-state index in [4.69, 9.17) is 9.84 Å². The number of aliphatic hydroxyl groups is 1. The van der Waals surface area contributed by atoms with Crippen LogP contribution in [0.3, 0.4) is 0 Å². The molecular weight excluding hydrogens is 274 g/mol. The smallest absolute Gasteiger partial charge is 0.326 e. The maximum absolute atomic E-state index is 12.3. The second kappa shape index (κ2) is 8.90. The normalized spacial score (nSPS) is 28.1. The molecule has 20 heavy (non-hydrogen) atoms. The Hall–Kier alpha value is -0.260. The van der Waals surface area contributed by atoms with Crippen LogP contribution in [0.1, 0.15) is 46.5 Å². The molecule has 0 amide bonds. The molecule has 0 aromatic rings. The van der Waals surface area contributed by atoms with Gasteiger partial charge in [0.15, 0.2) is 0 Å². The number of rotatable bonds is 8. The highest BCUT2D eigenvalue weighted by Crippen LogP contribution is 2.36. The van der Waals surface area contributed by atoms with Crippen LogP contribution in [-0.4, -0.2) is 47.4 Å². The summed E-state index contributed by atoms with van der Waals surface area (Å²) in [5.74, 6) is 1.17. The van der Waals surface area contributed by atoms with Crippen molar-refractivity contribution >= 4 is 17.7 Å². The summed E-state index contributed by atoms with van der Waals surface area (Å²) in [7, 11) is 0. The molecule has 5 heteroatoms. The highest BCUT2D eigenvalue weighted by Gasteiger charge is 2.43. The molecule has 2 N–H and O–H groups in total. The van der Waals surface area contributed by atoms with Crippen LogP contribution in [0.5, 0.6) is 0 Å². The van der Waals surface area contributed by atoms with Crippen LogP contribution in [0.25, 0.3) is 0 Å². The average molecular weight is 303 g/mol. The minimum Gasteiger partial charge on any atom is -0.465 e. The van der Waals surface area contributed by atoms with Crippen molar-refractivity contribution in [3.05, 3.63) is 0 Å². The molecule has 1 saturated carbocycles. The van der Waals surface area contributed by atoms with Crippen molar-refractivity contribution in [2.24, 2.45) is 5.92 Å². The summed E-state index contributed by atoms with van der Waals surface area (Å²) >= 11 is 1.89. The molecule has 3 atom stereocenters. The molecule has 0 heterocycles. The summed E-state index contributed by atoms with van der Waals surface area (Å²) in [6.07, 6.45) is 3.90. The van der Waals surface area contributed by atoms with E-state index in [9.17, 15) is 4.79 Å². The number of carbonyl (C=O) groups is 1. The number of carbonyl (C=O) groups excluding carboxylic acids is 1. The van der Waals surface area contributed by atoms with Crippen LogP contribution in [0.2, 0.25) is 0 Å². The van der Waals surface area contributed by atoms with E-state index < -0.39 is 5.54 Å². The van der Waals surface area contributed by atoms with Gasteiger partial charge in [-0.15, -0.1) is 0 Å². The summed E-state index contributed by atoms with van der Waals surface area (Å²) in [4.78, 5) is 12.3. The molecule has 3 unspecified atom stereocenters. The highest BCUT2D eigenvalue weighted by atomic mass is 32.2. The van der Waals surface area contributed by atoms with Gasteiger partial charge < -0.3 is 15.2 Å². The Morgan fingerprint density at radius 1 is 1.55 bits per heavy atom. The Morgan fingerprint density at radius 2 is 2.30 bits per heavy atom. The van der Waals surface area contributed by atoms with E-state index >= 15 is 0 Å². The summed E-state index contributed by atoms with van der Waals surface area (Å²) in [6, 6.07) is 0. The van der Waals surface area contributed by atoms with Crippen LogP contribution in [0.4, 0.5) is 0 Å². The number of aliphatic hydroxyl groups excluding tert-OH is 1. The third-order valence-electron chi connectivity index (χ3n) is 3.82. The van der Waals surface area contributed by atoms with Crippen molar-refractivity contribution in [1.82, 2.24) is 5.32 Å². The fourth-order valence-electron chi connectivity index (χ4n) is 2.75. The lowest BCUT2D eigenvalue weighted by atomic mass is 9.81. The fourth-order valence-corrected chi connectivity index (χ4v) is 4.19. The van der Waals surface area contributed by atoms with Gasteiger partial charge in [-0.3, -0.25) is 4.79 Å². The van der Waals surface area contributed by atoms with E-state index in [2.05, 4.69) is 12.2 Å². The minimum atomic E-state index is -0.497. The van der Waals surface area contributed by atoms with Gasteiger partial charge in [0.05, 0.1) is 6.61 Å². The van der Waals surface area contributed by atoms with E-state index in [0.29, 0.717) is 17.8 Å². The number of esters is 1. The molecule has 4 nitrogen and oxygen atoms in total. The molecule has 118 valence electrons. The molecule has 0 aromatic carbocycles. The zero-order valence-corrected chi connectivity index (χ0v) is 13.8. The molecule has 1 aliphatic carbocycles. The average Bonchev–Trinajstić information content (AvgIpc) is 2.45. The maximum Gasteiger partial charge on any atom is 0.326 e. The first-order valence-electron chi connectivity index (χ1n) is 7.72. The second-order valence-corrected chi connectivity index (χ2v) is 7.01. The largest absolute Gasteiger partial charge is 0.465 e. The van der Waals surface area contributed by atoms with Crippen molar-refractivity contribution in [2.45, 2.75) is 57.2 Å². The molecule has 0 spiro atoms. The Balaban J connectivity index is 2.63. The van der Waals surface area contributed by atoms with Gasteiger partial charge in [-0.25, -0.2) is 0 Å². The van der Waals surface area contributed by atoms with Gasteiger partial charge in [-0.05, 0) is 50.8 Å². The lowest BCUT2D eigenvalue weighted by Crippen LogP contribution is -2.56. The van der Waals surface area contributed by atoms with Crippen molar-refractivity contribution in [2.75, 3.05) is 25.5 Å². The van der Waals surface area contributed by atoms with Gasteiger partial charge in [0.25, 0.3) is 0 Å². The number of hydrogen-bond donors (Lipinski definition) is 2. The monoisotopic (exact) mass is 303 g/mol. The van der Waals surface area contributed by atoms with Crippen LogP contribution in [0, 0.1) is 5.92 Å². The first-order valence-corrected chi connectivity index (χ1v) is 8.77. The Morgan fingerprint density at radius 3 is 2.90 bits per heavy atom. The predicted molar refractivity (Wildman–Crippen MR) is 84.0 cm³/mol. The van der Waals surface area contributed by atoms with Crippen molar-refractivity contribution in [1.29, 1.82) is 0 Å². The zero-order chi connectivity index (χ0) is 15.0. The summed E-state index contributed by atoms with van der Waals surface area (Å²) < 4.78 is 5.28. The summed E-state index contributed by atoms with van der Waals surface area (Å²) in [5, 5.41) is 13.0. The number of ether oxygens (including phenoxy) is 1. The zero-order valence-electron chi connectivity index (χ0n) is 13.0. The number of likely N-dealkylation sites (N-methyl/N-ethyl adjacent to an activating group) is 1. The lowest BCUT2D eigenvalue weighted by Gasteiger charge is -2.39. The van der Waals surface area contributed by atoms with Crippen LogP contribution in [-0.2, 0) is 9.53 Å². The molecule has 0 radical (unpaired) electrons. The van der Waals surface area contributed by atoms with E-state index in [1.54, 1.807) is 0 Å². The van der Waals surface area contributed by atoms with Crippen LogP contribution < -0.4 is 5.32 Å². The highest BCUT2D eigenvalue weighted by molar-refractivity contribution is 7.99. The van der Waals surface area contributed by atoms with Crippen LogP contribution >= 0.6 is 11.8 Å². The standard InChI is InChI=1S/C15H29NO3S/c1-4-16-15(14(18)19-5-2)8-6-7-13(9-15)20-11-12(3)10-17/h12-13,16-17H,4-11H2,1-3H3. The molecule has 1 rings (SSSR count). The van der Waals surface area contributed by atoms with Gasteiger partial charge in [0, 0.05) is 11.9 Å². The summed E-state index contributed by atoms with van der Waals surface area (Å²) in [6.45, 7) is 7.39. The first kappa shape index (κ1) is 17.8. The quantitative estimate of drug-likeness (QED) is 0.673. The third kappa shape index (κ3) is 4.93. The number of thioether (sulfide) groups is 1. The van der Waals surface area contributed by atoms with E-state index in [1.165, 1.54) is 0 Å². The molecular formula is C15H29NO3S. The lowest BCUT2D eigenvalue weighted by molar-refractivity contribution is -0.152. The predicted octanol–water partition coefficient (Wildman–Crippen LogP) is 2.20. The van der Waals surface area contributed by atoms with Gasteiger partial charge in [0.1, 0.15) is 5.54 Å². The van der Waals surface area contributed by atoms with E-state index in [1.807, 2.05) is 25.6 Å². The van der Waals surface area contributed by atoms with Gasteiger partial charge in [0.2, 0.25) is 0 Å². The van der Waals surface area contributed by atoms with E-state index in [0.717, 1.165) is 38.0 Å². The van der Waals surface area contributed by atoms with Gasteiger partial charge in [-0.2, -0.15) is 11.8 Å². The number of nitrogens with one attached hydrogen (secondary N) is 1.